The van der Waals surface area contributed by atoms with Crippen LogP contribution >= 0.6 is 15.6 Å². The van der Waals surface area contributed by atoms with Gasteiger partial charge in [-0.2, -0.15) is 0 Å². The first kappa shape index (κ1) is 59.0. The van der Waals surface area contributed by atoms with Gasteiger partial charge >= 0.3 is 27.6 Å². The van der Waals surface area contributed by atoms with E-state index in [1.54, 1.807) is 36.5 Å². The second-order valence-corrected chi connectivity index (χ2v) is 18.1. The molecule has 0 aromatic heterocycles. The SMILES string of the molecule is CCCCC/C=C\C[C@@H](O)/C=C/C=C/C=C\[C@@H](O)CCCC(=O)OC[C@H](COP(=O)(O)OC[C@@H](O)COP(=O)(O)O)OC(=O)CCCCCCCCCCCCCCCCC. The zero-order chi connectivity index (χ0) is 45.5. The van der Waals surface area contributed by atoms with Crippen LogP contribution in [0.25, 0.3) is 0 Å². The predicted octanol–water partition coefficient (Wildman–Crippen LogP) is 9.39. The molecule has 0 rings (SSSR count). The molecule has 0 amide bonds. The largest absolute Gasteiger partial charge is 0.472 e. The van der Waals surface area contributed by atoms with E-state index in [0.717, 1.165) is 38.5 Å². The summed E-state index contributed by atoms with van der Waals surface area (Å²) < 4.78 is 47.6. The molecule has 1 unspecified atom stereocenters. The monoisotopic (exact) mass is 910 g/mol. The van der Waals surface area contributed by atoms with Gasteiger partial charge in [-0.3, -0.25) is 23.2 Å². The number of carbonyl (C=O) groups is 2. The van der Waals surface area contributed by atoms with Crippen molar-refractivity contribution in [1.29, 1.82) is 0 Å². The van der Waals surface area contributed by atoms with E-state index in [0.29, 0.717) is 12.8 Å². The molecule has 0 aromatic rings. The van der Waals surface area contributed by atoms with Crippen molar-refractivity contribution in [2.45, 2.75) is 192 Å². The number of unbranched alkanes of at least 4 members (excludes halogenated alkanes) is 17. The lowest BCUT2D eigenvalue weighted by atomic mass is 10.0. The highest BCUT2D eigenvalue weighted by molar-refractivity contribution is 7.47. The summed E-state index contributed by atoms with van der Waals surface area (Å²) in [4.78, 5) is 52.7. The third-order valence-electron chi connectivity index (χ3n) is 9.40. The van der Waals surface area contributed by atoms with Crippen LogP contribution in [-0.4, -0.2) is 92.8 Å². The van der Waals surface area contributed by atoms with E-state index in [-0.39, 0.29) is 25.7 Å². The van der Waals surface area contributed by atoms with Crippen molar-refractivity contribution >= 4 is 27.6 Å². The highest BCUT2D eigenvalue weighted by atomic mass is 31.2. The molecule has 5 atom stereocenters. The van der Waals surface area contributed by atoms with Crippen molar-refractivity contribution in [2.75, 3.05) is 26.4 Å². The number of phosphoric acid groups is 2. The topological polar surface area (TPSA) is 236 Å². The van der Waals surface area contributed by atoms with Gasteiger partial charge < -0.3 is 39.5 Å². The van der Waals surface area contributed by atoms with Crippen LogP contribution in [0, 0.1) is 0 Å². The van der Waals surface area contributed by atoms with Gasteiger partial charge in [0.1, 0.15) is 12.7 Å². The van der Waals surface area contributed by atoms with E-state index < -0.39 is 78.4 Å². The van der Waals surface area contributed by atoms with Crippen LogP contribution < -0.4 is 0 Å². The molecular formula is C44H80O15P2. The van der Waals surface area contributed by atoms with Gasteiger partial charge in [0.05, 0.1) is 32.0 Å². The summed E-state index contributed by atoms with van der Waals surface area (Å²) in [6.45, 7) is 1.43. The Morgan fingerprint density at radius 2 is 1.03 bits per heavy atom. The average molecular weight is 911 g/mol. The molecule has 0 aliphatic carbocycles. The minimum atomic E-state index is -4.89. The molecular weight excluding hydrogens is 830 g/mol. The number of aliphatic hydroxyl groups excluding tert-OH is 3. The average Bonchev–Trinajstić information content (AvgIpc) is 3.21. The maximum atomic E-state index is 12.7. The summed E-state index contributed by atoms with van der Waals surface area (Å²) in [6, 6.07) is 0. The van der Waals surface area contributed by atoms with E-state index in [9.17, 15) is 38.9 Å². The first-order chi connectivity index (χ1) is 29.2. The zero-order valence-electron chi connectivity index (χ0n) is 37.0. The number of carbonyl (C=O) groups excluding carboxylic acids is 2. The number of hydrogen-bond donors (Lipinski definition) is 6. The molecule has 0 spiro atoms. The Balaban J connectivity index is 4.74. The van der Waals surface area contributed by atoms with Crippen molar-refractivity contribution in [2.24, 2.45) is 0 Å². The molecule has 6 N–H and O–H groups in total. The third-order valence-corrected chi connectivity index (χ3v) is 10.8. The van der Waals surface area contributed by atoms with Crippen LogP contribution in [0.1, 0.15) is 168 Å². The molecule has 356 valence electrons. The molecule has 0 heterocycles. The molecule has 0 bridgehead atoms. The van der Waals surface area contributed by atoms with E-state index >= 15 is 0 Å². The molecule has 15 nitrogen and oxygen atoms in total. The van der Waals surface area contributed by atoms with E-state index in [4.69, 9.17) is 23.8 Å². The maximum Gasteiger partial charge on any atom is 0.472 e. The van der Waals surface area contributed by atoms with Crippen molar-refractivity contribution in [1.82, 2.24) is 0 Å². The highest BCUT2D eigenvalue weighted by Gasteiger charge is 2.28. The summed E-state index contributed by atoms with van der Waals surface area (Å²) in [5, 5.41) is 30.0. The number of aliphatic hydroxyl groups is 3. The Morgan fingerprint density at radius 1 is 0.541 bits per heavy atom. The number of phosphoric ester groups is 2. The predicted molar refractivity (Wildman–Crippen MR) is 237 cm³/mol. The summed E-state index contributed by atoms with van der Waals surface area (Å²) >= 11 is 0. The van der Waals surface area contributed by atoms with Crippen LogP contribution in [0.2, 0.25) is 0 Å². The molecule has 0 aromatic carbocycles. The lowest BCUT2D eigenvalue weighted by Gasteiger charge is -2.20. The molecule has 0 aliphatic rings. The van der Waals surface area contributed by atoms with Crippen molar-refractivity contribution in [3.63, 3.8) is 0 Å². The van der Waals surface area contributed by atoms with Gasteiger partial charge in [-0.15, -0.1) is 0 Å². The van der Waals surface area contributed by atoms with Crippen LogP contribution in [0.3, 0.4) is 0 Å². The van der Waals surface area contributed by atoms with Gasteiger partial charge in [0.2, 0.25) is 0 Å². The fourth-order valence-electron chi connectivity index (χ4n) is 5.89. The first-order valence-corrected chi connectivity index (χ1v) is 25.6. The number of allylic oxidation sites excluding steroid dienone is 5. The quantitative estimate of drug-likeness (QED) is 0.0110. The molecule has 0 saturated heterocycles. The van der Waals surface area contributed by atoms with Crippen LogP contribution in [0.5, 0.6) is 0 Å². The summed E-state index contributed by atoms with van der Waals surface area (Å²) in [5.41, 5.74) is 0. The Labute approximate surface area is 365 Å². The highest BCUT2D eigenvalue weighted by Crippen LogP contribution is 2.43. The van der Waals surface area contributed by atoms with Gasteiger partial charge in [-0.1, -0.05) is 165 Å². The number of hydrogen-bond acceptors (Lipinski definition) is 12. The van der Waals surface area contributed by atoms with Gasteiger partial charge in [0, 0.05) is 12.8 Å². The van der Waals surface area contributed by atoms with Crippen molar-refractivity contribution in [3.05, 3.63) is 48.6 Å². The lowest BCUT2D eigenvalue weighted by Crippen LogP contribution is -2.30. The van der Waals surface area contributed by atoms with Gasteiger partial charge in [-0.05, 0) is 38.5 Å². The number of rotatable bonds is 42. The van der Waals surface area contributed by atoms with Gasteiger partial charge in [-0.25, -0.2) is 9.13 Å². The first-order valence-electron chi connectivity index (χ1n) is 22.5. The maximum absolute atomic E-state index is 12.7. The van der Waals surface area contributed by atoms with E-state index in [1.165, 1.54) is 77.0 Å². The second kappa shape index (κ2) is 39.6. The minimum Gasteiger partial charge on any atom is -0.462 e. The summed E-state index contributed by atoms with van der Waals surface area (Å²) in [7, 11) is -9.75. The summed E-state index contributed by atoms with van der Waals surface area (Å²) in [6.07, 6.45) is 33.0. The van der Waals surface area contributed by atoms with Crippen LogP contribution in [0.15, 0.2) is 48.6 Å². The molecule has 61 heavy (non-hydrogen) atoms. The minimum absolute atomic E-state index is 0.0642. The third kappa shape index (κ3) is 43.1. The molecule has 0 saturated carbocycles. The fraction of sp³-hybridized carbons (Fsp3) is 0.773. The number of ether oxygens (including phenoxy) is 2. The zero-order valence-corrected chi connectivity index (χ0v) is 38.8. The Kier molecular flexibility index (Phi) is 38.3. The fourth-order valence-corrected chi connectivity index (χ4v) is 7.05. The van der Waals surface area contributed by atoms with E-state index in [1.807, 2.05) is 6.08 Å². The standard InChI is InChI=1S/C44H80O15P2/c1-3-5-7-9-11-12-13-14-15-16-17-18-19-21-27-33-44(49)59-42(38-58-61(53,54)57-36-41(47)35-56-60(50,51)52)37-55-43(48)34-28-32-40(46)31-26-23-22-25-30-39(45)29-24-20-10-8-6-4-2/h20,22-26,30-31,39-42,45-47H,3-19,21,27-29,32-38H2,1-2H3,(H,53,54)(H2,50,51,52)/b23-22+,24-20-,30-25+,31-26-/t39-,40-,41+,42-/m1/s1. The lowest BCUT2D eigenvalue weighted by molar-refractivity contribution is -0.161. The van der Waals surface area contributed by atoms with Crippen molar-refractivity contribution < 1.29 is 71.8 Å². The van der Waals surface area contributed by atoms with Crippen molar-refractivity contribution in [3.8, 4) is 0 Å². The Hall–Kier alpha value is -2.00. The second-order valence-electron chi connectivity index (χ2n) is 15.4. The van der Waals surface area contributed by atoms with E-state index in [2.05, 4.69) is 29.0 Å². The molecule has 17 heteroatoms. The van der Waals surface area contributed by atoms with Crippen LogP contribution in [-0.2, 0) is 41.8 Å². The Morgan fingerprint density at radius 3 is 1.61 bits per heavy atom. The molecule has 0 radical (unpaired) electrons. The smallest absolute Gasteiger partial charge is 0.462 e. The summed E-state index contributed by atoms with van der Waals surface area (Å²) in [5.74, 6) is -1.27. The molecule has 0 aliphatic heterocycles. The van der Waals surface area contributed by atoms with Crippen LogP contribution in [0.4, 0.5) is 0 Å². The van der Waals surface area contributed by atoms with Gasteiger partial charge in [0.15, 0.2) is 6.10 Å². The Bertz CT molecular complexity index is 1300. The number of esters is 2. The normalized spacial score (nSPS) is 15.5. The molecule has 0 fully saturated rings. The van der Waals surface area contributed by atoms with Gasteiger partial charge in [0.25, 0.3) is 0 Å².